The Bertz CT molecular complexity index is 1260. The summed E-state index contributed by atoms with van der Waals surface area (Å²) < 4.78 is 81.4. The number of pyridine rings is 1. The van der Waals surface area contributed by atoms with Gasteiger partial charge in [-0.1, -0.05) is 5.10 Å². The second-order valence-corrected chi connectivity index (χ2v) is 7.45. The lowest BCUT2D eigenvalue weighted by molar-refractivity contribution is -0.143. The number of aromatic nitrogens is 6. The molecular formula is C20H16F6N7. The highest BCUT2D eigenvalue weighted by Crippen LogP contribution is 2.36. The van der Waals surface area contributed by atoms with Gasteiger partial charge in [-0.2, -0.15) is 31.1 Å². The molecule has 0 unspecified atom stereocenters. The maximum absolute atomic E-state index is 13.3. The highest BCUT2D eigenvalue weighted by molar-refractivity contribution is 5.76. The first-order valence-electron chi connectivity index (χ1n) is 9.50. The van der Waals surface area contributed by atoms with E-state index in [2.05, 4.69) is 26.6 Å². The average molecular weight is 468 g/mol. The minimum Gasteiger partial charge on any atom is -0.336 e. The first-order valence-corrected chi connectivity index (χ1v) is 9.50. The lowest BCUT2D eigenvalue weighted by atomic mass is 10.0. The zero-order chi connectivity index (χ0) is 24.0. The molecule has 33 heavy (non-hydrogen) atoms. The molecule has 3 aromatic heterocycles. The summed E-state index contributed by atoms with van der Waals surface area (Å²) in [5, 5.41) is 12.4. The lowest BCUT2D eigenvalue weighted by Crippen LogP contribution is -2.24. The van der Waals surface area contributed by atoms with Crippen molar-refractivity contribution >= 4 is 17.0 Å². The van der Waals surface area contributed by atoms with E-state index in [-0.39, 0.29) is 30.7 Å². The van der Waals surface area contributed by atoms with Crippen LogP contribution in [0.25, 0.3) is 11.0 Å². The predicted molar refractivity (Wildman–Crippen MR) is 105 cm³/mol. The van der Waals surface area contributed by atoms with Gasteiger partial charge in [0, 0.05) is 37.3 Å². The zero-order valence-electron chi connectivity index (χ0n) is 17.3. The Morgan fingerprint density at radius 3 is 2.18 bits per heavy atom. The Morgan fingerprint density at radius 2 is 1.61 bits per heavy atom. The van der Waals surface area contributed by atoms with Crippen LogP contribution < -0.4 is 4.90 Å². The summed E-state index contributed by atoms with van der Waals surface area (Å²) in [5.74, 6) is 0.0324. The van der Waals surface area contributed by atoms with Crippen LogP contribution in [0.2, 0.25) is 0 Å². The minimum atomic E-state index is -4.94. The van der Waals surface area contributed by atoms with Gasteiger partial charge in [-0.15, -0.1) is 5.10 Å². The van der Waals surface area contributed by atoms with E-state index in [0.717, 1.165) is 10.2 Å². The first kappa shape index (κ1) is 22.6. The van der Waals surface area contributed by atoms with Crippen LogP contribution in [0, 0.1) is 6.20 Å². The third-order valence-corrected chi connectivity index (χ3v) is 4.87. The Labute approximate surface area is 183 Å². The molecule has 0 saturated carbocycles. The van der Waals surface area contributed by atoms with Gasteiger partial charge in [0.15, 0.2) is 0 Å². The molecular weight excluding hydrogens is 452 g/mol. The molecule has 173 valence electrons. The molecule has 13 heteroatoms. The van der Waals surface area contributed by atoms with Gasteiger partial charge in [-0.25, -0.2) is 4.98 Å². The third kappa shape index (κ3) is 4.91. The summed E-state index contributed by atoms with van der Waals surface area (Å²) in [6.45, 7) is -0.305. The Hall–Kier alpha value is -3.64. The van der Waals surface area contributed by atoms with Gasteiger partial charge in [-0.3, -0.25) is 0 Å². The van der Waals surface area contributed by atoms with Crippen LogP contribution in [0.4, 0.5) is 32.3 Å². The molecule has 0 spiro atoms. The standard InChI is InChI=1S/C20H16F6N7/c1-31-4-3-14-5-13(9-27-17(14)31)11-33(18-28-30-32(2)29-18)10-12-6-15(19(21,22)23)8-16(7-12)20(24,25)26/h3-8H,10-11H2,1-2H3. The van der Waals surface area contributed by atoms with E-state index in [4.69, 9.17) is 0 Å². The summed E-state index contributed by atoms with van der Waals surface area (Å²) in [4.78, 5) is 6.79. The molecule has 0 amide bonds. The molecule has 1 aromatic carbocycles. The summed E-state index contributed by atoms with van der Waals surface area (Å²) in [5.41, 5.74) is -1.77. The second kappa shape index (κ2) is 8.05. The smallest absolute Gasteiger partial charge is 0.336 e. The maximum Gasteiger partial charge on any atom is 0.416 e. The Kier molecular flexibility index (Phi) is 5.50. The van der Waals surface area contributed by atoms with Crippen LogP contribution in [-0.4, -0.2) is 29.8 Å². The highest BCUT2D eigenvalue weighted by Gasteiger charge is 2.37. The van der Waals surface area contributed by atoms with Gasteiger partial charge >= 0.3 is 12.4 Å². The van der Waals surface area contributed by atoms with Crippen LogP contribution in [-0.2, 0) is 39.5 Å². The number of rotatable bonds is 5. The van der Waals surface area contributed by atoms with Crippen molar-refractivity contribution in [3.63, 3.8) is 0 Å². The molecule has 7 nitrogen and oxygen atoms in total. The molecule has 1 radical (unpaired) electrons. The fraction of sp³-hybridized carbons (Fsp3) is 0.300. The summed E-state index contributed by atoms with van der Waals surface area (Å²) in [6, 6.07) is 5.06. The molecule has 4 rings (SSSR count). The fourth-order valence-electron chi connectivity index (χ4n) is 3.36. The number of tetrazole rings is 1. The van der Waals surface area contributed by atoms with E-state index < -0.39 is 23.5 Å². The van der Waals surface area contributed by atoms with Gasteiger partial charge in [-0.05, 0) is 41.1 Å². The van der Waals surface area contributed by atoms with Crippen molar-refractivity contribution in [3.8, 4) is 0 Å². The summed E-state index contributed by atoms with van der Waals surface area (Å²) in [7, 11) is 3.30. The van der Waals surface area contributed by atoms with Crippen LogP contribution in [0.15, 0.2) is 36.5 Å². The number of alkyl halides is 6. The molecule has 0 saturated heterocycles. The molecule has 0 atom stereocenters. The van der Waals surface area contributed by atoms with Gasteiger partial charge in [0.25, 0.3) is 5.95 Å². The number of fused-ring (bicyclic) bond motifs is 1. The largest absolute Gasteiger partial charge is 0.416 e. The molecule has 3 heterocycles. The monoisotopic (exact) mass is 468 g/mol. The number of hydrogen-bond donors (Lipinski definition) is 0. The van der Waals surface area contributed by atoms with E-state index in [1.165, 1.54) is 11.9 Å². The molecule has 4 aromatic rings. The van der Waals surface area contributed by atoms with Crippen molar-refractivity contribution in [1.29, 1.82) is 0 Å². The Balaban J connectivity index is 1.72. The van der Waals surface area contributed by atoms with Crippen LogP contribution in [0.3, 0.4) is 0 Å². The first-order chi connectivity index (χ1) is 15.4. The van der Waals surface area contributed by atoms with Gasteiger partial charge in [0.05, 0.1) is 24.4 Å². The van der Waals surface area contributed by atoms with Gasteiger partial charge in [0.2, 0.25) is 0 Å². The van der Waals surface area contributed by atoms with E-state index in [1.54, 1.807) is 16.8 Å². The lowest BCUT2D eigenvalue weighted by Gasteiger charge is -2.22. The summed E-state index contributed by atoms with van der Waals surface area (Å²) in [6.07, 6.45) is -5.23. The van der Waals surface area contributed by atoms with Crippen molar-refractivity contribution in [2.75, 3.05) is 4.90 Å². The number of anilines is 1. The number of nitrogens with zero attached hydrogens (tertiary/aromatic N) is 7. The quantitative estimate of drug-likeness (QED) is 0.412. The number of benzene rings is 1. The minimum absolute atomic E-state index is 0.0289. The van der Waals surface area contributed by atoms with Crippen LogP contribution in [0.5, 0.6) is 0 Å². The molecule has 0 bridgehead atoms. The average Bonchev–Trinajstić information content (AvgIpc) is 3.32. The van der Waals surface area contributed by atoms with Crippen molar-refractivity contribution < 1.29 is 26.3 Å². The normalized spacial score (nSPS) is 12.5. The number of aryl methyl sites for hydroxylation is 2. The van der Waals surface area contributed by atoms with Crippen molar-refractivity contribution in [2.24, 2.45) is 14.1 Å². The topological polar surface area (TPSA) is 64.7 Å². The van der Waals surface area contributed by atoms with Crippen LogP contribution in [0.1, 0.15) is 22.3 Å². The van der Waals surface area contributed by atoms with E-state index >= 15 is 0 Å². The van der Waals surface area contributed by atoms with Gasteiger partial charge < -0.3 is 9.47 Å². The molecule has 0 N–H and O–H groups in total. The van der Waals surface area contributed by atoms with E-state index in [0.29, 0.717) is 23.3 Å². The molecule has 0 aliphatic heterocycles. The van der Waals surface area contributed by atoms with Gasteiger partial charge in [0.1, 0.15) is 5.65 Å². The number of hydrogen-bond acceptors (Lipinski definition) is 5. The second-order valence-electron chi connectivity index (χ2n) is 7.45. The fourth-order valence-corrected chi connectivity index (χ4v) is 3.36. The summed E-state index contributed by atoms with van der Waals surface area (Å²) >= 11 is 0. The van der Waals surface area contributed by atoms with Crippen LogP contribution >= 0.6 is 0 Å². The van der Waals surface area contributed by atoms with Crippen molar-refractivity contribution in [1.82, 2.24) is 29.8 Å². The van der Waals surface area contributed by atoms with Crippen molar-refractivity contribution in [2.45, 2.75) is 25.4 Å². The highest BCUT2D eigenvalue weighted by atomic mass is 19.4. The third-order valence-electron chi connectivity index (χ3n) is 4.87. The van der Waals surface area contributed by atoms with E-state index in [1.807, 2.05) is 13.1 Å². The molecule has 0 aliphatic carbocycles. The number of halogens is 6. The maximum atomic E-state index is 13.3. The Morgan fingerprint density at radius 1 is 0.939 bits per heavy atom. The SMILES string of the molecule is Cn1nnc(N(Cc2[c]nc3c(ccn3C)c2)Cc2cc(C(F)(F)F)cc(C(F)(F)F)c2)n1. The predicted octanol–water partition coefficient (Wildman–Crippen LogP) is 4.14. The molecule has 0 aliphatic rings. The molecule has 0 fully saturated rings. The zero-order valence-corrected chi connectivity index (χ0v) is 17.3. The van der Waals surface area contributed by atoms with E-state index in [9.17, 15) is 26.3 Å². The van der Waals surface area contributed by atoms with Crippen molar-refractivity contribution in [3.05, 3.63) is 65.0 Å².